The molecule has 1 fully saturated rings. The van der Waals surface area contributed by atoms with Gasteiger partial charge in [0.25, 0.3) is 0 Å². The highest BCUT2D eigenvalue weighted by Gasteiger charge is 2.52. The maximum Gasteiger partial charge on any atom is 0.328 e. The highest BCUT2D eigenvalue weighted by atomic mass is 16.7. The minimum atomic E-state index is -1.33. The van der Waals surface area contributed by atoms with Crippen LogP contribution in [0.4, 0.5) is 0 Å². The predicted octanol–water partition coefficient (Wildman–Crippen LogP) is 1.18. The van der Waals surface area contributed by atoms with Crippen LogP contribution in [0.15, 0.2) is 30.3 Å². The topological polar surface area (TPSA) is 170 Å². The normalized spacial score (nSPS) is 22.4. The second-order valence-corrected chi connectivity index (χ2v) is 9.34. The molecule has 1 saturated heterocycles. The first-order valence-corrected chi connectivity index (χ1v) is 13.2. The van der Waals surface area contributed by atoms with E-state index in [-0.39, 0.29) is 32.5 Å². The van der Waals surface area contributed by atoms with Crippen molar-refractivity contribution in [1.29, 1.82) is 0 Å². The van der Waals surface area contributed by atoms with Crippen LogP contribution in [0.25, 0.3) is 0 Å². The molecule has 0 bridgehead atoms. The van der Waals surface area contributed by atoms with E-state index < -0.39 is 72.3 Å². The Morgan fingerprint density at radius 1 is 0.780 bits per heavy atom. The van der Waals surface area contributed by atoms with E-state index in [1.165, 1.54) is 6.92 Å². The molecule has 1 aliphatic rings. The molecular formula is C28H37NO12. The molecule has 0 aromatic heterocycles. The van der Waals surface area contributed by atoms with E-state index in [0.717, 1.165) is 26.3 Å². The van der Waals surface area contributed by atoms with Gasteiger partial charge in [-0.25, -0.2) is 4.79 Å². The Morgan fingerprint density at radius 3 is 1.88 bits per heavy atom. The summed E-state index contributed by atoms with van der Waals surface area (Å²) >= 11 is 0. The summed E-state index contributed by atoms with van der Waals surface area (Å²) in [5, 5.41) is 2.67. The van der Waals surface area contributed by atoms with Gasteiger partial charge in [0.2, 0.25) is 5.91 Å². The Bertz CT molecular complexity index is 1080. The molecular weight excluding hydrogens is 542 g/mol. The summed E-state index contributed by atoms with van der Waals surface area (Å²) in [5.41, 5.74) is 0.811. The fourth-order valence-electron chi connectivity index (χ4n) is 4.38. The molecule has 1 amide bonds. The third-order valence-electron chi connectivity index (χ3n) is 5.93. The van der Waals surface area contributed by atoms with Gasteiger partial charge in [0.1, 0.15) is 18.8 Å². The van der Waals surface area contributed by atoms with Gasteiger partial charge in [-0.1, -0.05) is 30.3 Å². The van der Waals surface area contributed by atoms with Crippen LogP contribution < -0.4 is 5.32 Å². The minimum absolute atomic E-state index is 0.0637. The average Bonchev–Trinajstić information content (AvgIpc) is 2.88. The van der Waals surface area contributed by atoms with Gasteiger partial charge in [-0.2, -0.15) is 0 Å². The molecule has 6 atom stereocenters. The third-order valence-corrected chi connectivity index (χ3v) is 5.93. The lowest BCUT2D eigenvalue weighted by Crippen LogP contribution is -2.62. The Kier molecular flexibility index (Phi) is 13.2. The number of carbonyl (C=O) groups excluding carboxylic acids is 6. The molecule has 1 N–H and O–H groups in total. The molecule has 13 nitrogen and oxygen atoms in total. The lowest BCUT2D eigenvalue weighted by molar-refractivity contribution is -0.253. The van der Waals surface area contributed by atoms with Crippen LogP contribution in [0.1, 0.15) is 53.0 Å². The van der Waals surface area contributed by atoms with Gasteiger partial charge in [-0.3, -0.25) is 24.0 Å². The Labute approximate surface area is 238 Å². The van der Waals surface area contributed by atoms with Crippen LogP contribution in [0.5, 0.6) is 0 Å². The van der Waals surface area contributed by atoms with Crippen LogP contribution in [-0.4, -0.2) is 85.5 Å². The van der Waals surface area contributed by atoms with Gasteiger partial charge >= 0.3 is 29.8 Å². The van der Waals surface area contributed by atoms with Crippen molar-refractivity contribution in [3.05, 3.63) is 35.9 Å². The molecule has 2 rings (SSSR count). The number of benzene rings is 1. The largest absolute Gasteiger partial charge is 0.464 e. The first-order valence-electron chi connectivity index (χ1n) is 13.2. The van der Waals surface area contributed by atoms with E-state index in [4.69, 9.17) is 28.4 Å². The van der Waals surface area contributed by atoms with Crippen LogP contribution in [0.3, 0.4) is 0 Å². The van der Waals surface area contributed by atoms with Crippen molar-refractivity contribution in [3.8, 4) is 0 Å². The van der Waals surface area contributed by atoms with E-state index >= 15 is 0 Å². The fourth-order valence-corrected chi connectivity index (χ4v) is 4.38. The summed E-state index contributed by atoms with van der Waals surface area (Å²) in [6.07, 6.45) is -6.10. The van der Waals surface area contributed by atoms with Gasteiger partial charge in [-0.05, 0) is 18.9 Å². The van der Waals surface area contributed by atoms with Crippen LogP contribution in [0.2, 0.25) is 0 Å². The maximum absolute atomic E-state index is 13.0. The predicted molar refractivity (Wildman–Crippen MR) is 140 cm³/mol. The molecule has 0 aliphatic carbocycles. The van der Waals surface area contributed by atoms with Crippen LogP contribution in [-0.2, 0) is 63.6 Å². The van der Waals surface area contributed by atoms with Crippen molar-refractivity contribution in [2.75, 3.05) is 13.2 Å². The summed E-state index contributed by atoms with van der Waals surface area (Å²) in [4.78, 5) is 72.8. The first-order chi connectivity index (χ1) is 19.4. The highest BCUT2D eigenvalue weighted by Crippen LogP contribution is 2.31. The fraction of sp³-hybridized carbons (Fsp3) is 0.571. The zero-order chi connectivity index (χ0) is 30.5. The highest BCUT2D eigenvalue weighted by molar-refractivity contribution is 5.84. The van der Waals surface area contributed by atoms with Crippen molar-refractivity contribution < 1.29 is 57.2 Å². The molecule has 0 spiro atoms. The zero-order valence-corrected chi connectivity index (χ0v) is 23.8. The van der Waals surface area contributed by atoms with E-state index in [0.29, 0.717) is 0 Å². The summed E-state index contributed by atoms with van der Waals surface area (Å²) in [6.45, 7) is 5.97. The average molecular weight is 580 g/mol. The second kappa shape index (κ2) is 16.3. The molecule has 0 radical (unpaired) electrons. The van der Waals surface area contributed by atoms with E-state index in [9.17, 15) is 28.8 Å². The van der Waals surface area contributed by atoms with Crippen LogP contribution in [0, 0.1) is 0 Å². The Morgan fingerprint density at radius 2 is 1.34 bits per heavy atom. The quantitative estimate of drug-likeness (QED) is 0.262. The molecule has 1 aromatic carbocycles. The second-order valence-electron chi connectivity index (χ2n) is 9.34. The number of hydrogen-bond donors (Lipinski definition) is 1. The number of amides is 1. The smallest absolute Gasteiger partial charge is 0.328 e. The number of hydrogen-bond acceptors (Lipinski definition) is 12. The summed E-state index contributed by atoms with van der Waals surface area (Å²) in [7, 11) is 0. The molecule has 226 valence electrons. The SMILES string of the molecule is CCOC(=O)[C@H](Cc1ccccc1)NC(=O)CC[C@H]1O[C@H](COC(C)=O)[C@@H](OC(C)=O)[C@H](OC(C)=O)[C@H]1OC(C)=O. The van der Waals surface area contributed by atoms with Crippen molar-refractivity contribution in [3.63, 3.8) is 0 Å². The van der Waals surface area contributed by atoms with Gasteiger partial charge < -0.3 is 33.7 Å². The first kappa shape index (κ1) is 33.2. The summed E-state index contributed by atoms with van der Waals surface area (Å²) in [5.74, 6) is -4.00. The number of rotatable bonds is 13. The number of ether oxygens (including phenoxy) is 6. The van der Waals surface area contributed by atoms with Gasteiger partial charge in [0.15, 0.2) is 18.3 Å². The molecule has 0 unspecified atom stereocenters. The lowest BCUT2D eigenvalue weighted by atomic mass is 9.91. The standard InChI is InChI=1S/C28H37NO12/c1-6-36-28(35)21(14-20-10-8-7-9-11-20)29-24(34)13-12-22-25(38-17(3)31)27(40-19(5)33)26(39-18(4)32)23(41-22)15-37-16(2)30/h7-11,21-23,25-27H,6,12-15H2,1-5H3,(H,29,34)/t21-,22+,23+,25-,26+,27+/m0/s1. The summed E-state index contributed by atoms with van der Waals surface area (Å²) < 4.78 is 32.4. The third kappa shape index (κ3) is 11.2. The van der Waals surface area contributed by atoms with Crippen molar-refractivity contribution in [1.82, 2.24) is 5.32 Å². The minimum Gasteiger partial charge on any atom is -0.464 e. The number of carbonyl (C=O) groups is 6. The molecule has 1 aliphatic heterocycles. The van der Waals surface area contributed by atoms with Gasteiger partial charge in [0.05, 0.1) is 12.7 Å². The van der Waals surface area contributed by atoms with E-state index in [1.807, 2.05) is 30.3 Å². The Hall–Kier alpha value is -4.00. The van der Waals surface area contributed by atoms with Crippen molar-refractivity contribution in [2.45, 2.75) is 90.4 Å². The number of nitrogens with one attached hydrogen (secondary N) is 1. The molecule has 0 saturated carbocycles. The summed E-state index contributed by atoms with van der Waals surface area (Å²) in [6, 6.07) is 8.12. The van der Waals surface area contributed by atoms with E-state index in [2.05, 4.69) is 5.32 Å². The van der Waals surface area contributed by atoms with Crippen LogP contribution >= 0.6 is 0 Å². The number of esters is 5. The van der Waals surface area contributed by atoms with Gasteiger partial charge in [-0.15, -0.1) is 0 Å². The Balaban J connectivity index is 2.27. The van der Waals surface area contributed by atoms with Gasteiger partial charge in [0, 0.05) is 40.5 Å². The van der Waals surface area contributed by atoms with E-state index in [1.54, 1.807) is 6.92 Å². The molecule has 1 aromatic rings. The lowest BCUT2D eigenvalue weighted by Gasteiger charge is -2.44. The molecule has 13 heteroatoms. The van der Waals surface area contributed by atoms with Crippen molar-refractivity contribution >= 4 is 35.8 Å². The molecule has 41 heavy (non-hydrogen) atoms. The maximum atomic E-state index is 13.0. The molecule has 1 heterocycles. The zero-order valence-electron chi connectivity index (χ0n) is 23.8. The monoisotopic (exact) mass is 579 g/mol. The van der Waals surface area contributed by atoms with Crippen molar-refractivity contribution in [2.24, 2.45) is 0 Å².